The van der Waals surface area contributed by atoms with Crippen LogP contribution in [0, 0.1) is 11.6 Å². The normalized spacial score (nSPS) is 12.0. The molecule has 0 aliphatic heterocycles. The number of aromatic nitrogens is 3. The first-order valence-electron chi connectivity index (χ1n) is 8.48. The van der Waals surface area contributed by atoms with Gasteiger partial charge in [0.05, 0.1) is 11.9 Å². The van der Waals surface area contributed by atoms with Crippen molar-refractivity contribution < 1.29 is 8.78 Å². The molecule has 0 amide bonds. The Morgan fingerprint density at radius 2 is 1.93 bits per heavy atom. The number of nitrogens with one attached hydrogen (secondary N) is 1. The number of halogens is 3. The minimum absolute atomic E-state index is 0.166. The van der Waals surface area contributed by atoms with E-state index in [4.69, 9.17) is 11.6 Å². The van der Waals surface area contributed by atoms with Crippen molar-refractivity contribution in [3.05, 3.63) is 104 Å². The number of hydrogen-bond acceptors (Lipinski definition) is 5. The molecule has 29 heavy (non-hydrogen) atoms. The molecule has 4 aromatic rings. The second-order valence-electron chi connectivity index (χ2n) is 6.04. The van der Waals surface area contributed by atoms with E-state index in [9.17, 15) is 13.6 Å². The second-order valence-corrected chi connectivity index (χ2v) is 7.35. The number of thiazole rings is 1. The van der Waals surface area contributed by atoms with Gasteiger partial charge in [-0.3, -0.25) is 4.79 Å². The Morgan fingerprint density at radius 1 is 1.14 bits per heavy atom. The van der Waals surface area contributed by atoms with Crippen LogP contribution in [0.15, 0.2) is 71.1 Å². The summed E-state index contributed by atoms with van der Waals surface area (Å²) in [4.78, 5) is 17.0. The molecule has 2 aromatic heterocycles. The highest BCUT2D eigenvalue weighted by Crippen LogP contribution is 2.30. The van der Waals surface area contributed by atoms with E-state index in [0.29, 0.717) is 6.07 Å². The van der Waals surface area contributed by atoms with Gasteiger partial charge in [-0.2, -0.15) is 9.78 Å². The molecule has 0 fully saturated rings. The van der Waals surface area contributed by atoms with Gasteiger partial charge in [0, 0.05) is 17.6 Å². The van der Waals surface area contributed by atoms with Gasteiger partial charge >= 0.3 is 0 Å². The molecular weight excluding hydrogens is 418 g/mol. The van der Waals surface area contributed by atoms with Crippen LogP contribution in [0.1, 0.15) is 16.6 Å². The lowest BCUT2D eigenvalue weighted by Crippen LogP contribution is -2.24. The van der Waals surface area contributed by atoms with Gasteiger partial charge in [0.15, 0.2) is 5.82 Å². The minimum Gasteiger partial charge on any atom is -0.369 e. The Balaban J connectivity index is 1.74. The van der Waals surface area contributed by atoms with E-state index in [1.165, 1.54) is 17.5 Å². The zero-order valence-corrected chi connectivity index (χ0v) is 16.3. The van der Waals surface area contributed by atoms with Gasteiger partial charge in [-0.25, -0.2) is 13.8 Å². The Kier molecular flexibility index (Phi) is 5.37. The van der Waals surface area contributed by atoms with Crippen LogP contribution >= 0.6 is 22.9 Å². The van der Waals surface area contributed by atoms with Crippen LogP contribution in [0.5, 0.6) is 0 Å². The van der Waals surface area contributed by atoms with Gasteiger partial charge in [-0.15, -0.1) is 11.3 Å². The van der Waals surface area contributed by atoms with Crippen molar-refractivity contribution in [2.45, 2.75) is 6.04 Å². The van der Waals surface area contributed by atoms with E-state index < -0.39 is 17.2 Å². The van der Waals surface area contributed by atoms with Gasteiger partial charge in [0.25, 0.3) is 5.56 Å². The zero-order chi connectivity index (χ0) is 20.4. The van der Waals surface area contributed by atoms with Crippen molar-refractivity contribution in [3.63, 3.8) is 0 Å². The van der Waals surface area contributed by atoms with Crippen LogP contribution < -0.4 is 10.9 Å². The van der Waals surface area contributed by atoms with Gasteiger partial charge in [0.1, 0.15) is 27.6 Å². The van der Waals surface area contributed by atoms with E-state index >= 15 is 0 Å². The monoisotopic (exact) mass is 430 g/mol. The van der Waals surface area contributed by atoms with Crippen molar-refractivity contribution in [2.24, 2.45) is 0 Å². The number of nitrogens with zero attached hydrogens (tertiary/aromatic N) is 3. The van der Waals surface area contributed by atoms with E-state index in [2.05, 4.69) is 15.4 Å². The predicted molar refractivity (Wildman–Crippen MR) is 109 cm³/mol. The van der Waals surface area contributed by atoms with E-state index in [-0.39, 0.29) is 22.4 Å². The topological polar surface area (TPSA) is 59.8 Å². The first kappa shape index (κ1) is 19.2. The number of hydrogen-bond donors (Lipinski definition) is 1. The maximum atomic E-state index is 14.1. The molecule has 0 radical (unpaired) electrons. The minimum atomic E-state index is -0.915. The summed E-state index contributed by atoms with van der Waals surface area (Å²) in [5.74, 6) is -1.67. The van der Waals surface area contributed by atoms with Crippen LogP contribution in [0.2, 0.25) is 5.02 Å². The lowest BCUT2D eigenvalue weighted by Gasteiger charge is -2.19. The average Bonchev–Trinajstić information content (AvgIpc) is 3.25. The predicted octanol–water partition coefficient (Wildman–Crippen LogP) is 4.82. The second kappa shape index (κ2) is 8.10. The Labute approximate surface area is 173 Å². The van der Waals surface area contributed by atoms with E-state index in [0.717, 1.165) is 27.4 Å². The molecule has 1 unspecified atom stereocenters. The third kappa shape index (κ3) is 3.90. The summed E-state index contributed by atoms with van der Waals surface area (Å²) in [7, 11) is 0. The molecule has 0 saturated carbocycles. The molecular formula is C20H13ClF2N4OS. The number of rotatable bonds is 5. The molecule has 0 bridgehead atoms. The lowest BCUT2D eigenvalue weighted by molar-refractivity contribution is 0.570. The van der Waals surface area contributed by atoms with Gasteiger partial charge in [-0.1, -0.05) is 41.9 Å². The van der Waals surface area contributed by atoms with Crippen molar-refractivity contribution in [1.29, 1.82) is 0 Å². The quantitative estimate of drug-likeness (QED) is 0.493. The lowest BCUT2D eigenvalue weighted by atomic mass is 10.1. The SMILES string of the molecule is O=c1c(Cl)c(NC(c2ccccc2)c2nccs2)cnn1-c1ccc(F)cc1F. The van der Waals surface area contributed by atoms with E-state index in [1.54, 1.807) is 6.20 Å². The molecule has 0 saturated heterocycles. The summed E-state index contributed by atoms with van der Waals surface area (Å²) in [6.45, 7) is 0. The fraction of sp³-hybridized carbons (Fsp3) is 0.0500. The molecule has 0 spiro atoms. The van der Waals surface area contributed by atoms with Crippen LogP contribution in [0.4, 0.5) is 14.5 Å². The largest absolute Gasteiger partial charge is 0.369 e. The molecule has 5 nitrogen and oxygen atoms in total. The highest BCUT2D eigenvalue weighted by atomic mass is 35.5. The standard InChI is InChI=1S/C20H13ClF2N4OS/c21-17-15(11-25-27(20(17)28)16-7-6-13(22)10-14(16)23)26-18(19-24-8-9-29-19)12-4-2-1-3-5-12/h1-11,18,26H. The summed E-state index contributed by atoms with van der Waals surface area (Å²) in [6.07, 6.45) is 3.02. The average molecular weight is 431 g/mol. The van der Waals surface area contributed by atoms with Gasteiger partial charge in [-0.05, 0) is 17.7 Å². The Morgan fingerprint density at radius 3 is 2.62 bits per heavy atom. The summed E-state index contributed by atoms with van der Waals surface area (Å²) < 4.78 is 28.0. The molecule has 9 heteroatoms. The van der Waals surface area contributed by atoms with Crippen molar-refractivity contribution in [1.82, 2.24) is 14.8 Å². The first-order chi connectivity index (χ1) is 14.0. The van der Waals surface area contributed by atoms with Crippen molar-refractivity contribution in [2.75, 3.05) is 5.32 Å². The van der Waals surface area contributed by atoms with Gasteiger partial charge in [0.2, 0.25) is 0 Å². The highest BCUT2D eigenvalue weighted by molar-refractivity contribution is 7.09. The highest BCUT2D eigenvalue weighted by Gasteiger charge is 2.20. The third-order valence-corrected chi connectivity index (χ3v) is 5.39. The van der Waals surface area contributed by atoms with Gasteiger partial charge < -0.3 is 5.32 Å². The van der Waals surface area contributed by atoms with Crippen LogP contribution in [-0.2, 0) is 0 Å². The Hall–Kier alpha value is -3.10. The summed E-state index contributed by atoms with van der Waals surface area (Å²) in [6, 6.07) is 12.0. The summed E-state index contributed by atoms with van der Waals surface area (Å²) in [5.41, 5.74) is 0.282. The molecule has 2 heterocycles. The molecule has 4 rings (SSSR count). The smallest absolute Gasteiger partial charge is 0.292 e. The van der Waals surface area contributed by atoms with E-state index in [1.807, 2.05) is 35.7 Å². The van der Waals surface area contributed by atoms with Crippen LogP contribution in [0.3, 0.4) is 0 Å². The fourth-order valence-electron chi connectivity index (χ4n) is 2.82. The van der Waals surface area contributed by atoms with Crippen molar-refractivity contribution in [3.8, 4) is 5.69 Å². The summed E-state index contributed by atoms with van der Waals surface area (Å²) >= 11 is 7.73. The first-order valence-corrected chi connectivity index (χ1v) is 9.74. The van der Waals surface area contributed by atoms with Crippen molar-refractivity contribution >= 4 is 28.6 Å². The number of anilines is 1. The maximum Gasteiger partial charge on any atom is 0.292 e. The molecule has 0 aliphatic rings. The summed E-state index contributed by atoms with van der Waals surface area (Å²) in [5, 5.41) is 9.66. The molecule has 1 N–H and O–H groups in total. The van der Waals surface area contributed by atoms with Crippen LogP contribution in [-0.4, -0.2) is 14.8 Å². The molecule has 146 valence electrons. The molecule has 2 aromatic carbocycles. The zero-order valence-electron chi connectivity index (χ0n) is 14.7. The maximum absolute atomic E-state index is 14.1. The third-order valence-electron chi connectivity index (χ3n) is 4.19. The molecule has 1 atom stereocenters. The number of benzene rings is 2. The van der Waals surface area contributed by atoms with Crippen LogP contribution in [0.25, 0.3) is 5.69 Å². The fourth-order valence-corrected chi connectivity index (χ4v) is 3.72. The Bertz CT molecular complexity index is 1200. The molecule has 0 aliphatic carbocycles.